The first kappa shape index (κ1) is 21.4. The molecule has 1 aliphatic rings. The molecule has 0 saturated heterocycles. The molecular weight excluding hydrogens is 360 g/mol. The van der Waals surface area contributed by atoms with Crippen LogP contribution in [0.15, 0.2) is 36.4 Å². The molecular formula is C26H34O3. The van der Waals surface area contributed by atoms with Crippen molar-refractivity contribution in [2.75, 3.05) is 7.11 Å². The van der Waals surface area contributed by atoms with Crippen LogP contribution in [-0.4, -0.2) is 13.3 Å². The Morgan fingerprint density at radius 2 is 1.55 bits per heavy atom. The molecule has 29 heavy (non-hydrogen) atoms. The molecule has 0 bridgehead atoms. The second-order valence-corrected chi connectivity index (χ2v) is 9.51. The van der Waals surface area contributed by atoms with Gasteiger partial charge in [0, 0.05) is 5.41 Å². The highest BCUT2D eigenvalue weighted by Crippen LogP contribution is 2.53. The van der Waals surface area contributed by atoms with E-state index in [2.05, 4.69) is 69.7 Å². The summed E-state index contributed by atoms with van der Waals surface area (Å²) in [6.07, 6.45) is 2.72. The number of hydrogen-bond acceptors (Lipinski definition) is 3. The molecule has 3 heteroatoms. The van der Waals surface area contributed by atoms with E-state index >= 15 is 0 Å². The van der Waals surface area contributed by atoms with Crippen molar-refractivity contribution in [3.63, 3.8) is 0 Å². The molecule has 1 fully saturated rings. The Hall–Kier alpha value is -2.29. The predicted octanol–water partition coefficient (Wildman–Crippen LogP) is 6.89. The maximum Gasteiger partial charge on any atom is 0.513 e. The molecule has 0 amide bonds. The standard InChI is InChI=1S/C26H34O3/c1-17-8-9-21(14-18(17)2)26(13-12-25(5,6)20(4)16-26)22-10-11-23(19(3)15-22)29-24(27)28-7/h8-11,14-15,20H,12-13,16H2,1-7H3. The molecule has 0 aliphatic heterocycles. The summed E-state index contributed by atoms with van der Waals surface area (Å²) in [5, 5.41) is 0. The number of methoxy groups -OCH3 is 1. The van der Waals surface area contributed by atoms with Gasteiger partial charge >= 0.3 is 6.16 Å². The Bertz CT molecular complexity index is 912. The first-order valence-electron chi connectivity index (χ1n) is 10.5. The summed E-state index contributed by atoms with van der Waals surface area (Å²) in [5.74, 6) is 1.16. The van der Waals surface area contributed by atoms with Crippen LogP contribution in [0.5, 0.6) is 5.75 Å². The highest BCUT2D eigenvalue weighted by atomic mass is 16.7. The van der Waals surface area contributed by atoms with Crippen molar-refractivity contribution in [2.24, 2.45) is 11.3 Å². The van der Waals surface area contributed by atoms with E-state index in [1.165, 1.54) is 35.8 Å². The van der Waals surface area contributed by atoms with Gasteiger partial charge in [-0.2, -0.15) is 0 Å². The van der Waals surface area contributed by atoms with E-state index in [4.69, 9.17) is 4.74 Å². The third-order valence-corrected chi connectivity index (χ3v) is 7.33. The minimum Gasteiger partial charge on any atom is -0.437 e. The Kier molecular flexibility index (Phi) is 5.80. The monoisotopic (exact) mass is 394 g/mol. The number of aryl methyl sites for hydroxylation is 3. The zero-order chi connectivity index (χ0) is 21.4. The SMILES string of the molecule is COC(=O)Oc1ccc(C2(c3ccc(C)c(C)c3)CCC(C)(C)C(C)C2)cc1C. The third-order valence-electron chi connectivity index (χ3n) is 7.33. The molecule has 1 saturated carbocycles. The summed E-state index contributed by atoms with van der Waals surface area (Å²) < 4.78 is 9.95. The van der Waals surface area contributed by atoms with Crippen LogP contribution in [-0.2, 0) is 10.2 Å². The van der Waals surface area contributed by atoms with Gasteiger partial charge in [-0.25, -0.2) is 4.79 Å². The molecule has 0 heterocycles. The lowest BCUT2D eigenvalue weighted by molar-refractivity contribution is 0.107. The molecule has 2 aromatic rings. The molecule has 156 valence electrons. The van der Waals surface area contributed by atoms with Gasteiger partial charge in [-0.1, -0.05) is 51.1 Å². The summed E-state index contributed by atoms with van der Waals surface area (Å²) in [4.78, 5) is 11.5. The Balaban J connectivity index is 2.10. The molecule has 3 nitrogen and oxygen atoms in total. The van der Waals surface area contributed by atoms with E-state index in [1.54, 1.807) is 0 Å². The van der Waals surface area contributed by atoms with Crippen molar-refractivity contribution in [1.29, 1.82) is 0 Å². The summed E-state index contributed by atoms with van der Waals surface area (Å²) >= 11 is 0. The molecule has 0 spiro atoms. The largest absolute Gasteiger partial charge is 0.513 e. The highest BCUT2D eigenvalue weighted by molar-refractivity contribution is 5.64. The zero-order valence-electron chi connectivity index (χ0n) is 18.9. The maximum absolute atomic E-state index is 11.5. The van der Waals surface area contributed by atoms with E-state index in [-0.39, 0.29) is 5.41 Å². The maximum atomic E-state index is 11.5. The van der Waals surface area contributed by atoms with Crippen molar-refractivity contribution in [1.82, 2.24) is 0 Å². The fraction of sp³-hybridized carbons (Fsp3) is 0.500. The lowest BCUT2D eigenvalue weighted by Crippen LogP contribution is -2.41. The second-order valence-electron chi connectivity index (χ2n) is 9.51. The average molecular weight is 395 g/mol. The smallest absolute Gasteiger partial charge is 0.437 e. The van der Waals surface area contributed by atoms with Gasteiger partial charge in [-0.05, 0) is 85.3 Å². The van der Waals surface area contributed by atoms with Crippen molar-refractivity contribution < 1.29 is 14.3 Å². The minimum absolute atomic E-state index is 0.0258. The summed E-state index contributed by atoms with van der Waals surface area (Å²) in [6, 6.07) is 13.2. The van der Waals surface area contributed by atoms with Gasteiger partial charge in [0.1, 0.15) is 5.75 Å². The molecule has 0 N–H and O–H groups in total. The van der Waals surface area contributed by atoms with Gasteiger partial charge in [-0.15, -0.1) is 0 Å². The van der Waals surface area contributed by atoms with Crippen LogP contribution in [0.2, 0.25) is 0 Å². The Morgan fingerprint density at radius 3 is 2.10 bits per heavy atom. The quantitative estimate of drug-likeness (QED) is 0.420. The van der Waals surface area contributed by atoms with Crippen molar-refractivity contribution in [2.45, 2.75) is 66.2 Å². The fourth-order valence-corrected chi connectivity index (χ4v) is 4.61. The normalized spacial score (nSPS) is 23.5. The van der Waals surface area contributed by atoms with Gasteiger partial charge in [-0.3, -0.25) is 0 Å². The zero-order valence-corrected chi connectivity index (χ0v) is 18.9. The summed E-state index contributed by atoms with van der Waals surface area (Å²) in [7, 11) is 1.33. The van der Waals surface area contributed by atoms with Gasteiger partial charge in [0.25, 0.3) is 0 Å². The van der Waals surface area contributed by atoms with Gasteiger partial charge in [0.15, 0.2) is 0 Å². The average Bonchev–Trinajstić information content (AvgIpc) is 2.67. The van der Waals surface area contributed by atoms with Crippen LogP contribution in [0, 0.1) is 32.1 Å². The first-order chi connectivity index (χ1) is 13.6. The topological polar surface area (TPSA) is 35.5 Å². The van der Waals surface area contributed by atoms with E-state index < -0.39 is 6.16 Å². The second kappa shape index (κ2) is 7.85. The predicted molar refractivity (Wildman–Crippen MR) is 118 cm³/mol. The van der Waals surface area contributed by atoms with E-state index in [1.807, 2.05) is 13.0 Å². The Labute approximate surface area is 175 Å². The number of hydrogen-bond donors (Lipinski definition) is 0. The van der Waals surface area contributed by atoms with Crippen molar-refractivity contribution in [3.05, 3.63) is 64.2 Å². The molecule has 0 aromatic heterocycles. The molecule has 2 atom stereocenters. The van der Waals surface area contributed by atoms with Crippen LogP contribution in [0.4, 0.5) is 4.79 Å². The molecule has 2 aromatic carbocycles. The Morgan fingerprint density at radius 1 is 0.931 bits per heavy atom. The van der Waals surface area contributed by atoms with E-state index in [0.29, 0.717) is 17.1 Å². The first-order valence-corrected chi connectivity index (χ1v) is 10.5. The number of carbonyl (C=O) groups is 1. The van der Waals surface area contributed by atoms with Crippen LogP contribution < -0.4 is 4.74 Å². The molecule has 0 radical (unpaired) electrons. The number of carbonyl (C=O) groups excluding carboxylic acids is 1. The third kappa shape index (κ3) is 4.05. The summed E-state index contributed by atoms with van der Waals surface area (Å²) in [6.45, 7) is 13.5. The van der Waals surface area contributed by atoms with Crippen LogP contribution in [0.25, 0.3) is 0 Å². The van der Waals surface area contributed by atoms with E-state index in [9.17, 15) is 4.79 Å². The van der Waals surface area contributed by atoms with E-state index in [0.717, 1.165) is 18.4 Å². The lowest BCUT2D eigenvalue weighted by atomic mass is 9.55. The minimum atomic E-state index is -0.683. The number of ether oxygens (including phenoxy) is 2. The fourth-order valence-electron chi connectivity index (χ4n) is 4.61. The van der Waals surface area contributed by atoms with Crippen LogP contribution >= 0.6 is 0 Å². The van der Waals surface area contributed by atoms with Crippen LogP contribution in [0.1, 0.15) is 67.9 Å². The van der Waals surface area contributed by atoms with Gasteiger partial charge in [0.05, 0.1) is 7.11 Å². The molecule has 1 aliphatic carbocycles. The number of benzene rings is 2. The highest BCUT2D eigenvalue weighted by Gasteiger charge is 2.45. The number of rotatable bonds is 3. The summed E-state index contributed by atoms with van der Waals surface area (Å²) in [5.41, 5.74) is 6.62. The van der Waals surface area contributed by atoms with Gasteiger partial charge in [0.2, 0.25) is 0 Å². The van der Waals surface area contributed by atoms with Crippen LogP contribution in [0.3, 0.4) is 0 Å². The van der Waals surface area contributed by atoms with Crippen molar-refractivity contribution in [3.8, 4) is 5.75 Å². The molecule has 2 unspecified atom stereocenters. The van der Waals surface area contributed by atoms with Crippen molar-refractivity contribution >= 4 is 6.16 Å². The van der Waals surface area contributed by atoms with Gasteiger partial charge < -0.3 is 9.47 Å². The lowest BCUT2D eigenvalue weighted by Gasteiger charge is -2.49. The molecule has 3 rings (SSSR count).